The van der Waals surface area contributed by atoms with Crippen LogP contribution < -0.4 is 9.62 Å². The fraction of sp³-hybridized carbons (Fsp3) is 0.520. The third-order valence-electron chi connectivity index (χ3n) is 7.10. The Kier molecular flexibility index (Phi) is 7.77. The van der Waals surface area contributed by atoms with Gasteiger partial charge >= 0.3 is 0 Å². The summed E-state index contributed by atoms with van der Waals surface area (Å²) in [4.78, 5) is 8.57. The van der Waals surface area contributed by atoms with Crippen LogP contribution in [0, 0.1) is 0 Å². The predicted molar refractivity (Wildman–Crippen MR) is 142 cm³/mol. The number of anilines is 3. The largest absolute Gasteiger partial charge is 0.381 e. The highest BCUT2D eigenvalue weighted by Crippen LogP contribution is 2.39. The molecule has 0 spiro atoms. The monoisotopic (exact) mass is 569 g/mol. The Morgan fingerprint density at radius 2 is 1.87 bits per heavy atom. The van der Waals surface area contributed by atoms with Crippen LogP contribution in [-0.2, 0) is 19.5 Å². The van der Waals surface area contributed by atoms with Crippen molar-refractivity contribution in [1.82, 2.24) is 14.5 Å². The Balaban J connectivity index is 1.61. The van der Waals surface area contributed by atoms with Crippen molar-refractivity contribution in [1.29, 1.82) is 0 Å². The minimum Gasteiger partial charge on any atom is -0.381 e. The molecule has 0 amide bonds. The second-order valence-corrected chi connectivity index (χ2v) is 12.0. The van der Waals surface area contributed by atoms with Gasteiger partial charge in [0.05, 0.1) is 23.3 Å². The number of nitrogens with one attached hydrogen (secondary N) is 1. The summed E-state index contributed by atoms with van der Waals surface area (Å²) in [5, 5.41) is 3.28. The smallest absolute Gasteiger partial charge is 0.295 e. The van der Waals surface area contributed by atoms with E-state index in [9.17, 15) is 17.2 Å². The van der Waals surface area contributed by atoms with Crippen LogP contribution in [0.15, 0.2) is 24.3 Å². The molecule has 1 aromatic carbocycles. The van der Waals surface area contributed by atoms with Gasteiger partial charge < -0.3 is 14.8 Å². The number of ether oxygens (including phenoxy) is 2. The van der Waals surface area contributed by atoms with Crippen LogP contribution in [0.5, 0.6) is 0 Å². The van der Waals surface area contributed by atoms with Crippen LogP contribution in [0.3, 0.4) is 0 Å². The van der Waals surface area contributed by atoms with Crippen LogP contribution in [-0.4, -0.2) is 56.1 Å². The molecule has 5 rings (SSSR count). The van der Waals surface area contributed by atoms with E-state index in [1.54, 1.807) is 6.07 Å². The van der Waals surface area contributed by atoms with Crippen LogP contribution in [0.1, 0.15) is 62.1 Å². The number of sulfonamides is 1. The number of imidazole rings is 1. The minimum absolute atomic E-state index is 0.0784. The van der Waals surface area contributed by atoms with Gasteiger partial charge in [0.15, 0.2) is 11.5 Å². The molecule has 0 radical (unpaired) electrons. The lowest BCUT2D eigenvalue weighted by atomic mass is 9.91. The summed E-state index contributed by atoms with van der Waals surface area (Å²) in [5.41, 5.74) is 2.58. The van der Waals surface area contributed by atoms with E-state index in [0.717, 1.165) is 37.5 Å². The van der Waals surface area contributed by atoms with Gasteiger partial charge in [-0.3, -0.25) is 8.87 Å². The number of pyridine rings is 1. The first-order chi connectivity index (χ1) is 18.1. The summed E-state index contributed by atoms with van der Waals surface area (Å²) in [6.45, 7) is 1.75. The van der Waals surface area contributed by atoms with E-state index in [2.05, 4.69) is 15.3 Å². The van der Waals surface area contributed by atoms with E-state index in [0.29, 0.717) is 43.3 Å². The van der Waals surface area contributed by atoms with Gasteiger partial charge in [-0.1, -0.05) is 17.7 Å². The molecule has 206 valence electrons. The Morgan fingerprint density at radius 3 is 2.53 bits per heavy atom. The van der Waals surface area contributed by atoms with Crippen molar-refractivity contribution in [3.8, 4) is 0 Å². The summed E-state index contributed by atoms with van der Waals surface area (Å²) in [6, 6.07) is 7.07. The number of rotatable bonds is 7. The van der Waals surface area contributed by atoms with E-state index >= 15 is 0 Å². The lowest BCUT2D eigenvalue weighted by Crippen LogP contribution is -2.26. The molecule has 38 heavy (non-hydrogen) atoms. The van der Waals surface area contributed by atoms with E-state index in [-0.39, 0.29) is 22.2 Å². The molecule has 9 nitrogen and oxygen atoms in total. The number of nitrogens with zero attached hydrogens (tertiary/aromatic N) is 4. The first-order valence-corrected chi connectivity index (χ1v) is 14.8. The van der Waals surface area contributed by atoms with Crippen molar-refractivity contribution >= 4 is 49.9 Å². The highest BCUT2D eigenvalue weighted by molar-refractivity contribution is 7.92. The normalized spacial score (nSPS) is 19.3. The molecule has 3 aromatic rings. The summed E-state index contributed by atoms with van der Waals surface area (Å²) in [5.74, 6) is -0.209. The second kappa shape index (κ2) is 10.9. The number of alkyl halides is 2. The SMILES string of the molecule is CN(c1cc(C2CCOCC2)ccc1Nc1cc(Cl)nc2c1nc(C(F)F)n2C1CCCCO1)S(C)(=O)=O. The maximum Gasteiger partial charge on any atom is 0.295 e. The topological polar surface area (TPSA) is 98.6 Å². The molecule has 4 heterocycles. The summed E-state index contributed by atoms with van der Waals surface area (Å²) >= 11 is 6.35. The molecule has 2 fully saturated rings. The summed E-state index contributed by atoms with van der Waals surface area (Å²) in [6.07, 6.45) is 1.57. The molecular formula is C25H30ClF2N5O4S. The number of halogens is 3. The molecule has 2 aliphatic rings. The van der Waals surface area contributed by atoms with Crippen LogP contribution in [0.25, 0.3) is 11.2 Å². The van der Waals surface area contributed by atoms with Crippen LogP contribution >= 0.6 is 11.6 Å². The van der Waals surface area contributed by atoms with Crippen molar-refractivity contribution in [3.05, 3.63) is 40.8 Å². The van der Waals surface area contributed by atoms with Crippen molar-refractivity contribution in [2.45, 2.75) is 50.7 Å². The molecule has 2 aliphatic heterocycles. The van der Waals surface area contributed by atoms with Crippen molar-refractivity contribution < 1.29 is 26.7 Å². The average Bonchev–Trinajstić information content (AvgIpc) is 3.29. The molecular weight excluding hydrogens is 540 g/mol. The average molecular weight is 570 g/mol. The minimum atomic E-state index is -3.60. The van der Waals surface area contributed by atoms with Gasteiger partial charge in [0.25, 0.3) is 6.43 Å². The maximum atomic E-state index is 14.1. The van der Waals surface area contributed by atoms with Gasteiger partial charge in [-0.2, -0.15) is 0 Å². The molecule has 1 N–H and O–H groups in total. The lowest BCUT2D eigenvalue weighted by molar-refractivity contribution is -0.0363. The molecule has 1 unspecified atom stereocenters. The first kappa shape index (κ1) is 27.0. The van der Waals surface area contributed by atoms with Gasteiger partial charge in [0, 0.05) is 32.9 Å². The van der Waals surface area contributed by atoms with Gasteiger partial charge in [-0.15, -0.1) is 0 Å². The van der Waals surface area contributed by atoms with Crippen molar-refractivity contribution in [3.63, 3.8) is 0 Å². The van der Waals surface area contributed by atoms with Crippen molar-refractivity contribution in [2.24, 2.45) is 0 Å². The van der Waals surface area contributed by atoms with E-state index < -0.39 is 28.5 Å². The van der Waals surface area contributed by atoms with Gasteiger partial charge in [-0.25, -0.2) is 27.2 Å². The number of fused-ring (bicyclic) bond motifs is 1. The zero-order valence-corrected chi connectivity index (χ0v) is 22.7. The number of hydrogen-bond donors (Lipinski definition) is 1. The van der Waals surface area contributed by atoms with Gasteiger partial charge in [-0.05, 0) is 55.7 Å². The number of hydrogen-bond acceptors (Lipinski definition) is 7. The quantitative estimate of drug-likeness (QED) is 0.361. The number of aromatic nitrogens is 3. The fourth-order valence-electron chi connectivity index (χ4n) is 5.03. The van der Waals surface area contributed by atoms with E-state index in [1.807, 2.05) is 12.1 Å². The highest BCUT2D eigenvalue weighted by Gasteiger charge is 2.29. The Hall–Kier alpha value is -2.54. The fourth-order valence-corrected chi connectivity index (χ4v) is 5.73. The van der Waals surface area contributed by atoms with Gasteiger partial charge in [0.1, 0.15) is 16.9 Å². The predicted octanol–water partition coefficient (Wildman–Crippen LogP) is 5.75. The molecule has 13 heteroatoms. The molecule has 0 bridgehead atoms. The zero-order chi connectivity index (χ0) is 27.0. The number of benzene rings is 1. The third-order valence-corrected chi connectivity index (χ3v) is 8.49. The lowest BCUT2D eigenvalue weighted by Gasteiger charge is -2.26. The summed E-state index contributed by atoms with van der Waals surface area (Å²) in [7, 11) is -2.13. The summed E-state index contributed by atoms with van der Waals surface area (Å²) < 4.78 is 67.0. The van der Waals surface area contributed by atoms with E-state index in [1.165, 1.54) is 22.0 Å². The maximum absolute atomic E-state index is 14.1. The Bertz CT molecular complexity index is 1420. The molecule has 2 aromatic heterocycles. The molecule has 1 atom stereocenters. The van der Waals surface area contributed by atoms with Crippen LogP contribution in [0.4, 0.5) is 25.8 Å². The van der Waals surface area contributed by atoms with E-state index in [4.69, 9.17) is 21.1 Å². The first-order valence-electron chi connectivity index (χ1n) is 12.5. The van der Waals surface area contributed by atoms with Crippen LogP contribution in [0.2, 0.25) is 5.15 Å². The zero-order valence-electron chi connectivity index (χ0n) is 21.2. The highest BCUT2D eigenvalue weighted by atomic mass is 35.5. The third kappa shape index (κ3) is 5.45. The molecule has 0 saturated carbocycles. The molecule has 2 saturated heterocycles. The standard InChI is InChI=1S/C25H30ClF2N5O4S/c1-32(38(2,34)35)19-13-16(15-8-11-36-12-9-15)6-7-17(19)29-18-14-20(26)30-24-22(18)31-25(23(27)28)33(24)21-5-3-4-10-37-21/h6-7,13-15,21,23H,3-5,8-12H2,1-2H3,(H,29,30). The Morgan fingerprint density at radius 1 is 1.11 bits per heavy atom. The van der Waals surface area contributed by atoms with Crippen molar-refractivity contribution in [2.75, 3.05) is 42.7 Å². The second-order valence-electron chi connectivity index (χ2n) is 9.65. The van der Waals surface area contributed by atoms with Gasteiger partial charge in [0.2, 0.25) is 10.0 Å². The Labute approximate surface area is 225 Å². The molecule has 0 aliphatic carbocycles.